The van der Waals surface area contributed by atoms with Gasteiger partial charge in [0, 0.05) is 24.6 Å². The Bertz CT molecular complexity index is 1000. The van der Waals surface area contributed by atoms with Crippen molar-refractivity contribution in [3.05, 3.63) is 81.2 Å². The highest BCUT2D eigenvalue weighted by molar-refractivity contribution is 5.95. The number of aliphatic hydroxyl groups excluding tert-OH is 1. The summed E-state index contributed by atoms with van der Waals surface area (Å²) in [5.74, 6) is -1.12. The lowest BCUT2D eigenvalue weighted by atomic mass is 10.2. The van der Waals surface area contributed by atoms with Crippen molar-refractivity contribution in [2.75, 3.05) is 0 Å². The maximum atomic E-state index is 12.1. The molecule has 0 aliphatic carbocycles. The largest absolute Gasteiger partial charge is 0.510 e. The fourth-order valence-corrected chi connectivity index (χ4v) is 2.10. The van der Waals surface area contributed by atoms with E-state index in [1.54, 1.807) is 0 Å². The number of rotatable bonds is 7. The van der Waals surface area contributed by atoms with Gasteiger partial charge in [-0.15, -0.1) is 5.11 Å². The number of azo groups is 1. The molecule has 0 heterocycles. The zero-order chi connectivity index (χ0) is 21.4. The Kier molecular flexibility index (Phi) is 7.02. The van der Waals surface area contributed by atoms with Gasteiger partial charge in [0.25, 0.3) is 11.6 Å². The second-order valence-electron chi connectivity index (χ2n) is 5.78. The third-order valence-electron chi connectivity index (χ3n) is 3.55. The van der Waals surface area contributed by atoms with Crippen LogP contribution in [0.3, 0.4) is 0 Å². The Hall–Kier alpha value is -4.21. The predicted octanol–water partition coefficient (Wildman–Crippen LogP) is 3.82. The number of amides is 1. The Labute approximate surface area is 165 Å². The van der Waals surface area contributed by atoms with E-state index in [1.165, 1.54) is 68.6 Å². The van der Waals surface area contributed by atoms with Gasteiger partial charge >= 0.3 is 0 Å². The van der Waals surface area contributed by atoms with E-state index in [2.05, 4.69) is 20.8 Å². The summed E-state index contributed by atoms with van der Waals surface area (Å²) in [4.78, 5) is 33.5. The number of hydrogen-bond acceptors (Lipinski definition) is 8. The van der Waals surface area contributed by atoms with Crippen LogP contribution in [0.15, 0.2) is 75.3 Å². The molecule has 10 nitrogen and oxygen atoms in total. The minimum atomic E-state index is -0.506. The van der Waals surface area contributed by atoms with Crippen molar-refractivity contribution >= 4 is 29.3 Å². The summed E-state index contributed by atoms with van der Waals surface area (Å²) in [6.07, 6.45) is 1.36. The molecule has 0 fully saturated rings. The first-order chi connectivity index (χ1) is 13.8. The Morgan fingerprint density at radius 2 is 1.69 bits per heavy atom. The molecule has 2 N–H and O–H groups in total. The summed E-state index contributed by atoms with van der Waals surface area (Å²) in [7, 11) is 0. The van der Waals surface area contributed by atoms with Crippen LogP contribution in [0.25, 0.3) is 0 Å². The van der Waals surface area contributed by atoms with Crippen LogP contribution < -0.4 is 5.43 Å². The lowest BCUT2D eigenvalue weighted by molar-refractivity contribution is -0.384. The van der Waals surface area contributed by atoms with Crippen molar-refractivity contribution in [2.45, 2.75) is 13.8 Å². The first-order valence-corrected chi connectivity index (χ1v) is 8.28. The topological polar surface area (TPSA) is 147 Å². The van der Waals surface area contributed by atoms with E-state index in [1.807, 2.05) is 0 Å². The van der Waals surface area contributed by atoms with Crippen LogP contribution in [0.1, 0.15) is 29.8 Å². The molecule has 29 heavy (non-hydrogen) atoms. The molecule has 0 aliphatic rings. The molecule has 1 amide bonds. The molecule has 0 unspecified atom stereocenters. The van der Waals surface area contributed by atoms with Crippen LogP contribution >= 0.6 is 0 Å². The molecule has 148 valence electrons. The van der Waals surface area contributed by atoms with E-state index >= 15 is 0 Å². The van der Waals surface area contributed by atoms with E-state index in [4.69, 9.17) is 0 Å². The van der Waals surface area contributed by atoms with Crippen molar-refractivity contribution in [1.29, 1.82) is 0 Å². The average Bonchev–Trinajstić information content (AvgIpc) is 2.68. The third kappa shape index (κ3) is 6.17. The third-order valence-corrected chi connectivity index (χ3v) is 3.55. The molecule has 0 spiro atoms. The van der Waals surface area contributed by atoms with E-state index < -0.39 is 16.6 Å². The molecule has 2 rings (SSSR count). The smallest absolute Gasteiger partial charge is 0.271 e. The number of nitrogens with one attached hydrogen (secondary N) is 1. The van der Waals surface area contributed by atoms with Gasteiger partial charge in [-0.3, -0.25) is 19.7 Å². The Morgan fingerprint density at radius 1 is 1.07 bits per heavy atom. The maximum Gasteiger partial charge on any atom is 0.271 e. The predicted molar refractivity (Wildman–Crippen MR) is 105 cm³/mol. The molecule has 0 bridgehead atoms. The zero-order valence-electron chi connectivity index (χ0n) is 15.6. The summed E-state index contributed by atoms with van der Waals surface area (Å²) >= 11 is 0. The molecule has 0 atom stereocenters. The molecule has 0 radical (unpaired) electrons. The fraction of sp³-hybridized carbons (Fsp3) is 0.105. The highest BCUT2D eigenvalue weighted by Gasteiger charge is 2.08. The Balaban J connectivity index is 1.99. The lowest BCUT2D eigenvalue weighted by Crippen LogP contribution is -2.17. The van der Waals surface area contributed by atoms with Crippen LogP contribution in [0.4, 0.5) is 11.4 Å². The minimum Gasteiger partial charge on any atom is -0.510 e. The van der Waals surface area contributed by atoms with Crippen molar-refractivity contribution in [3.63, 3.8) is 0 Å². The Morgan fingerprint density at radius 3 is 2.21 bits per heavy atom. The number of carbonyl (C=O) groups excluding carboxylic acids is 2. The second kappa shape index (κ2) is 9.65. The van der Waals surface area contributed by atoms with Gasteiger partial charge in [0.15, 0.2) is 11.5 Å². The quantitative estimate of drug-likeness (QED) is 0.183. The van der Waals surface area contributed by atoms with E-state index in [0.29, 0.717) is 16.8 Å². The van der Waals surface area contributed by atoms with Gasteiger partial charge in [-0.1, -0.05) is 0 Å². The van der Waals surface area contributed by atoms with Crippen LogP contribution in [0, 0.1) is 10.1 Å². The minimum absolute atomic E-state index is 0.0384. The number of aliphatic hydroxyl groups is 1. The van der Waals surface area contributed by atoms with Crippen molar-refractivity contribution in [1.82, 2.24) is 5.43 Å². The molecular formula is C19H17N5O5. The zero-order valence-corrected chi connectivity index (χ0v) is 15.6. The van der Waals surface area contributed by atoms with Gasteiger partial charge in [0.05, 0.1) is 16.8 Å². The average molecular weight is 395 g/mol. The molecule has 2 aromatic rings. The van der Waals surface area contributed by atoms with Crippen molar-refractivity contribution in [3.8, 4) is 0 Å². The van der Waals surface area contributed by atoms with Gasteiger partial charge in [-0.05, 0) is 48.9 Å². The molecule has 10 heteroatoms. The van der Waals surface area contributed by atoms with Crippen molar-refractivity contribution < 1.29 is 19.6 Å². The highest BCUT2D eigenvalue weighted by atomic mass is 16.6. The van der Waals surface area contributed by atoms with Gasteiger partial charge in [-0.2, -0.15) is 10.2 Å². The number of hydrogen-bond donors (Lipinski definition) is 2. The molecule has 2 aromatic carbocycles. The molecule has 0 saturated heterocycles. The SMILES string of the molecule is CC(=O)/C(N=Nc1ccc(C(=O)N/N=C/c2ccc([N+](=O)[O-])cc2)cc1)=C(\C)O. The van der Waals surface area contributed by atoms with E-state index in [0.717, 1.165) is 0 Å². The molecule has 0 saturated carbocycles. The normalized spacial score (nSPS) is 12.1. The fourth-order valence-electron chi connectivity index (χ4n) is 2.10. The van der Waals surface area contributed by atoms with Crippen LogP contribution in [-0.2, 0) is 4.79 Å². The van der Waals surface area contributed by atoms with Crippen molar-refractivity contribution in [2.24, 2.45) is 15.3 Å². The van der Waals surface area contributed by atoms with Gasteiger partial charge in [0.2, 0.25) is 0 Å². The number of carbonyl (C=O) groups is 2. The first-order valence-electron chi connectivity index (χ1n) is 8.28. The number of nitro benzene ring substituents is 1. The number of Topliss-reactive ketones (excluding diaryl/α,β-unsaturated/α-hetero) is 1. The summed E-state index contributed by atoms with van der Waals surface area (Å²) in [5, 5.41) is 31.4. The second-order valence-corrected chi connectivity index (χ2v) is 5.78. The van der Waals surface area contributed by atoms with Gasteiger partial charge < -0.3 is 5.11 Å². The van der Waals surface area contributed by atoms with E-state index in [9.17, 15) is 24.8 Å². The van der Waals surface area contributed by atoms with Crippen LogP contribution in [0.2, 0.25) is 0 Å². The van der Waals surface area contributed by atoms with Crippen LogP contribution in [0.5, 0.6) is 0 Å². The molecule has 0 aromatic heterocycles. The monoisotopic (exact) mass is 395 g/mol. The summed E-state index contributed by atoms with van der Waals surface area (Å²) in [5.41, 5.74) is 3.44. The molecule has 0 aliphatic heterocycles. The standard InChI is InChI=1S/C19H17N5O5/c1-12(25)18(13(2)26)22-21-16-7-5-15(6-8-16)19(27)23-20-11-14-3-9-17(10-4-14)24(28)29/h3-11,25H,1-2H3,(H,23,27)/b18-12-,20-11+,22-21?. The maximum absolute atomic E-state index is 12.1. The first kappa shape index (κ1) is 21.1. The summed E-state index contributed by atoms with van der Waals surface area (Å²) < 4.78 is 0. The van der Waals surface area contributed by atoms with Gasteiger partial charge in [0.1, 0.15) is 5.76 Å². The van der Waals surface area contributed by atoms with Gasteiger partial charge in [-0.25, -0.2) is 5.43 Å². The number of allylic oxidation sites excluding steroid dienone is 2. The number of hydrazone groups is 1. The number of nitro groups is 1. The lowest BCUT2D eigenvalue weighted by Gasteiger charge is -2.01. The summed E-state index contributed by atoms with van der Waals surface area (Å²) in [6.45, 7) is 2.60. The number of non-ortho nitro benzene ring substituents is 1. The highest BCUT2D eigenvalue weighted by Crippen LogP contribution is 2.16. The van der Waals surface area contributed by atoms with E-state index in [-0.39, 0.29) is 17.1 Å². The number of benzene rings is 2. The van der Waals surface area contributed by atoms with Crippen LogP contribution in [-0.4, -0.2) is 27.9 Å². The number of nitrogens with zero attached hydrogens (tertiary/aromatic N) is 4. The summed E-state index contributed by atoms with van der Waals surface area (Å²) in [6, 6.07) is 11.7. The molecular weight excluding hydrogens is 378 g/mol. The number of ketones is 1.